The van der Waals surface area contributed by atoms with E-state index in [9.17, 15) is 0 Å². The zero-order chi connectivity index (χ0) is 43.3. The van der Waals surface area contributed by atoms with E-state index in [0.717, 1.165) is 5.69 Å². The SMILES string of the molecule is c1ccc(-c2c3ccccc3c(-c3ccc4c(c3)[se]c3c(-c5c6ccccc6c(-c6cccc7c8ccccc8n(-c8ccccc8)c67)c6ccccc56)cccc34)c3ccccc23)cc1. The number of hydrogen-bond acceptors (Lipinski definition) is 0. The van der Waals surface area contributed by atoms with Crippen LogP contribution in [0.25, 0.3) is 134 Å². The van der Waals surface area contributed by atoms with Crippen LogP contribution in [0.5, 0.6) is 0 Å². The van der Waals surface area contributed by atoms with E-state index in [-0.39, 0.29) is 14.5 Å². The average molecular weight is 901 g/mol. The Kier molecular flexibility index (Phi) is 8.37. The van der Waals surface area contributed by atoms with Crippen LogP contribution in [-0.4, -0.2) is 19.1 Å². The van der Waals surface area contributed by atoms with Gasteiger partial charge >= 0.3 is 384 Å². The normalized spacial score (nSPS) is 11.9. The minimum absolute atomic E-state index is 0.0793. The number of hydrogen-bond donors (Lipinski definition) is 0. The van der Waals surface area contributed by atoms with Crippen molar-refractivity contribution in [2.45, 2.75) is 0 Å². The van der Waals surface area contributed by atoms with Crippen molar-refractivity contribution in [1.82, 2.24) is 4.57 Å². The first-order chi connectivity index (χ1) is 32.8. The van der Waals surface area contributed by atoms with Crippen LogP contribution < -0.4 is 0 Å². The third-order valence-corrected chi connectivity index (χ3v) is 16.5. The number of para-hydroxylation sites is 3. The van der Waals surface area contributed by atoms with Crippen molar-refractivity contribution in [1.29, 1.82) is 0 Å². The monoisotopic (exact) mass is 901 g/mol. The third-order valence-electron chi connectivity index (χ3n) is 14.0. The van der Waals surface area contributed by atoms with E-state index in [1.165, 1.54) is 129 Å². The fourth-order valence-corrected chi connectivity index (χ4v) is 13.9. The van der Waals surface area contributed by atoms with Crippen molar-refractivity contribution < 1.29 is 0 Å². The Bertz CT molecular complexity index is 4160. The Morgan fingerprint density at radius 2 is 0.712 bits per heavy atom. The van der Waals surface area contributed by atoms with Gasteiger partial charge < -0.3 is 0 Å². The van der Waals surface area contributed by atoms with Crippen LogP contribution >= 0.6 is 0 Å². The van der Waals surface area contributed by atoms with E-state index in [1.807, 2.05) is 0 Å². The van der Waals surface area contributed by atoms with Crippen molar-refractivity contribution in [3.63, 3.8) is 0 Å². The zero-order valence-corrected chi connectivity index (χ0v) is 37.6. The summed E-state index contributed by atoms with van der Waals surface area (Å²) in [5, 5.41) is 15.5. The molecule has 0 atom stereocenters. The Morgan fingerprint density at radius 1 is 0.273 bits per heavy atom. The topological polar surface area (TPSA) is 4.93 Å². The van der Waals surface area contributed by atoms with Gasteiger partial charge in [0.15, 0.2) is 0 Å². The molecule has 0 aliphatic carbocycles. The first-order valence-electron chi connectivity index (χ1n) is 22.8. The van der Waals surface area contributed by atoms with Gasteiger partial charge in [-0.15, -0.1) is 0 Å². The van der Waals surface area contributed by atoms with E-state index in [1.54, 1.807) is 0 Å². The number of aromatic nitrogens is 1. The van der Waals surface area contributed by atoms with Crippen molar-refractivity contribution in [2.75, 3.05) is 0 Å². The molecule has 0 N–H and O–H groups in total. The number of rotatable bonds is 5. The molecular weight excluding hydrogens is 862 g/mol. The summed E-state index contributed by atoms with van der Waals surface area (Å²) in [6, 6.07) is 88.1. The molecule has 12 aromatic carbocycles. The van der Waals surface area contributed by atoms with E-state index in [2.05, 4.69) is 241 Å². The number of fused-ring (bicyclic) bond motifs is 10. The Labute approximate surface area is 387 Å². The molecule has 2 heterocycles. The van der Waals surface area contributed by atoms with E-state index in [0.29, 0.717) is 0 Å². The van der Waals surface area contributed by atoms with Gasteiger partial charge in [0.05, 0.1) is 0 Å². The summed E-state index contributed by atoms with van der Waals surface area (Å²) in [5.41, 5.74) is 13.9. The molecule has 0 spiro atoms. The maximum atomic E-state index is 2.52. The van der Waals surface area contributed by atoms with Gasteiger partial charge in [0.1, 0.15) is 0 Å². The fraction of sp³-hybridized carbons (Fsp3) is 0. The quantitative estimate of drug-likeness (QED) is 0.120. The Hall–Kier alpha value is -8.00. The van der Waals surface area contributed by atoms with Gasteiger partial charge in [-0.3, -0.25) is 0 Å². The molecule has 14 aromatic rings. The van der Waals surface area contributed by atoms with Gasteiger partial charge in [0.25, 0.3) is 0 Å². The molecule has 306 valence electrons. The summed E-state index contributed by atoms with van der Waals surface area (Å²) in [7, 11) is 0. The van der Waals surface area contributed by atoms with Crippen molar-refractivity contribution in [3.05, 3.63) is 237 Å². The average Bonchev–Trinajstić information content (AvgIpc) is 3.94. The molecule has 0 saturated carbocycles. The first kappa shape index (κ1) is 37.4. The van der Waals surface area contributed by atoms with E-state index >= 15 is 0 Å². The molecule has 14 rings (SSSR count). The van der Waals surface area contributed by atoms with E-state index in [4.69, 9.17) is 0 Å². The first-order valence-corrected chi connectivity index (χ1v) is 24.5. The van der Waals surface area contributed by atoms with Crippen LogP contribution in [0.1, 0.15) is 0 Å². The molecule has 0 saturated heterocycles. The summed E-state index contributed by atoms with van der Waals surface area (Å²) in [4.78, 5) is 0. The van der Waals surface area contributed by atoms with Crippen LogP contribution in [0.4, 0.5) is 0 Å². The Balaban J connectivity index is 1.02. The molecule has 2 aromatic heterocycles. The second-order valence-electron chi connectivity index (χ2n) is 17.4. The van der Waals surface area contributed by atoms with Crippen LogP contribution in [-0.2, 0) is 0 Å². The molecule has 0 aliphatic rings. The molecule has 0 radical (unpaired) electrons. The standard InChI is InChI=1S/C64H39NSe/c1-3-19-40(20-4-1)59-45-24-7-9-26-47(45)60(48-27-10-8-25-46(48)59)41-37-38-44-54-33-18-35-56(64(54)66-58(44)39-41)62-51-30-13-11-28-49(51)61(50-29-12-14-31-52(50)62)55-34-17-32-53-43-23-15-16-36-57(43)65(63(53)55)42-21-5-2-6-22-42/h1-39H. The summed E-state index contributed by atoms with van der Waals surface area (Å²) in [6.07, 6.45) is 0. The van der Waals surface area contributed by atoms with Gasteiger partial charge in [-0.2, -0.15) is 0 Å². The molecular formula is C64H39NSe. The van der Waals surface area contributed by atoms with E-state index < -0.39 is 0 Å². The molecule has 0 aliphatic heterocycles. The zero-order valence-electron chi connectivity index (χ0n) is 35.9. The van der Waals surface area contributed by atoms with Gasteiger partial charge in [-0.05, 0) is 0 Å². The minimum atomic E-state index is 0.0793. The fourth-order valence-electron chi connectivity index (χ4n) is 11.3. The molecule has 0 fully saturated rings. The third kappa shape index (κ3) is 5.47. The van der Waals surface area contributed by atoms with Gasteiger partial charge in [-0.25, -0.2) is 0 Å². The van der Waals surface area contributed by atoms with Crippen LogP contribution in [0.15, 0.2) is 237 Å². The summed E-state index contributed by atoms with van der Waals surface area (Å²) >= 11 is 0.0793. The number of benzene rings is 12. The molecule has 66 heavy (non-hydrogen) atoms. The van der Waals surface area contributed by atoms with Crippen LogP contribution in [0.3, 0.4) is 0 Å². The molecule has 0 unspecified atom stereocenters. The summed E-state index contributed by atoms with van der Waals surface area (Å²) in [5.74, 6) is 0. The van der Waals surface area contributed by atoms with Crippen LogP contribution in [0, 0.1) is 0 Å². The maximum absolute atomic E-state index is 2.52. The van der Waals surface area contributed by atoms with Crippen molar-refractivity contribution in [3.8, 4) is 50.2 Å². The molecule has 2 heteroatoms. The van der Waals surface area contributed by atoms with Gasteiger partial charge in [0, 0.05) is 0 Å². The molecule has 0 amide bonds. The predicted octanol–water partition coefficient (Wildman–Crippen LogP) is 17.4. The van der Waals surface area contributed by atoms with Crippen molar-refractivity contribution >= 4 is 98.7 Å². The second-order valence-corrected chi connectivity index (χ2v) is 19.6. The molecule has 0 bridgehead atoms. The van der Waals surface area contributed by atoms with Gasteiger partial charge in [-0.1, -0.05) is 6.07 Å². The Morgan fingerprint density at radius 3 is 1.30 bits per heavy atom. The molecule has 1 nitrogen and oxygen atoms in total. The summed E-state index contributed by atoms with van der Waals surface area (Å²) in [6.45, 7) is 0. The number of nitrogens with zero attached hydrogens (tertiary/aromatic N) is 1. The van der Waals surface area contributed by atoms with Crippen molar-refractivity contribution in [2.24, 2.45) is 0 Å². The second kappa shape index (κ2) is 14.8. The summed E-state index contributed by atoms with van der Waals surface area (Å²) < 4.78 is 5.37. The van der Waals surface area contributed by atoms with Gasteiger partial charge in [0.2, 0.25) is 0 Å². The van der Waals surface area contributed by atoms with Crippen LogP contribution in [0.2, 0.25) is 0 Å². The predicted molar refractivity (Wildman–Crippen MR) is 285 cm³/mol.